The summed E-state index contributed by atoms with van der Waals surface area (Å²) in [7, 11) is 0. The largest absolute Gasteiger partial charge is 0.456 e. The summed E-state index contributed by atoms with van der Waals surface area (Å²) in [5.41, 5.74) is -2.53. The van der Waals surface area contributed by atoms with E-state index in [2.05, 4.69) is 0 Å². The van der Waals surface area contributed by atoms with E-state index < -0.39 is 148 Å². The van der Waals surface area contributed by atoms with Gasteiger partial charge in [0.2, 0.25) is 0 Å². The summed E-state index contributed by atoms with van der Waals surface area (Å²) in [6.07, 6.45) is 0. The molecule has 0 spiro atoms. The summed E-state index contributed by atoms with van der Waals surface area (Å²) >= 11 is 0. The van der Waals surface area contributed by atoms with Gasteiger partial charge in [-0.05, 0) is 71.6 Å². The van der Waals surface area contributed by atoms with Crippen LogP contribution in [-0.2, 0) is 0 Å². The molecule has 0 bridgehead atoms. The summed E-state index contributed by atoms with van der Waals surface area (Å²) in [6.45, 7) is 0. The average Bonchev–Trinajstić information content (AvgIpc) is 3.95. The van der Waals surface area contributed by atoms with Gasteiger partial charge in [0, 0.05) is 43.7 Å². The molecule has 0 aliphatic heterocycles. The van der Waals surface area contributed by atoms with Gasteiger partial charge in [0.15, 0.2) is 0 Å². The van der Waals surface area contributed by atoms with Crippen molar-refractivity contribution in [1.29, 1.82) is 0 Å². The highest BCUT2D eigenvalue weighted by molar-refractivity contribution is 6.14. The van der Waals surface area contributed by atoms with Gasteiger partial charge in [0.1, 0.15) is 11.2 Å². The maximum atomic E-state index is 9.82. The normalized spacial score (nSPS) is 17.6. The highest BCUT2D eigenvalue weighted by Gasteiger charge is 2.17. The number of para-hydroxylation sites is 4. The fourth-order valence-corrected chi connectivity index (χ4v) is 6.12. The Kier molecular flexibility index (Phi) is 2.64. The van der Waals surface area contributed by atoms with E-state index >= 15 is 0 Å². The molecule has 0 unspecified atom stereocenters. The molecular weight excluding hydrogens is 548 g/mol. The number of hydrogen-bond donors (Lipinski definition) is 0. The molecule has 10 rings (SSSR count). The summed E-state index contributed by atoms with van der Waals surface area (Å²) < 4.78 is 171. The second-order valence-electron chi connectivity index (χ2n) is 10.4. The van der Waals surface area contributed by atoms with Gasteiger partial charge in [-0.2, -0.15) is 0 Å². The van der Waals surface area contributed by atoms with E-state index in [-0.39, 0.29) is 27.2 Å². The summed E-state index contributed by atoms with van der Waals surface area (Å²) in [4.78, 5) is 0. The van der Waals surface area contributed by atoms with Crippen LogP contribution < -0.4 is 0 Å². The van der Waals surface area contributed by atoms with Crippen LogP contribution in [-0.4, -0.2) is 9.13 Å². The van der Waals surface area contributed by atoms with Crippen molar-refractivity contribution in [3.8, 4) is 22.5 Å². The zero-order chi connectivity index (χ0) is 45.1. The Hall–Kier alpha value is -6.06. The van der Waals surface area contributed by atoms with Crippen molar-refractivity contribution in [2.24, 2.45) is 0 Å². The molecule has 0 aliphatic rings. The van der Waals surface area contributed by atoms with E-state index in [9.17, 15) is 8.22 Å². The fourth-order valence-electron chi connectivity index (χ4n) is 6.12. The van der Waals surface area contributed by atoms with Crippen LogP contribution in [0.25, 0.3) is 88.1 Å². The molecule has 45 heavy (non-hydrogen) atoms. The highest BCUT2D eigenvalue weighted by atomic mass is 16.3. The van der Waals surface area contributed by atoms with Crippen LogP contribution in [0.1, 0.15) is 24.7 Å². The van der Waals surface area contributed by atoms with Crippen molar-refractivity contribution in [2.75, 3.05) is 0 Å². The van der Waals surface area contributed by atoms with Crippen molar-refractivity contribution in [2.45, 2.75) is 0 Å². The molecule has 0 N–H and O–H groups in total. The van der Waals surface area contributed by atoms with Crippen LogP contribution >= 0.6 is 0 Å². The number of furan rings is 1. The van der Waals surface area contributed by atoms with E-state index in [1.165, 1.54) is 0 Å². The zero-order valence-electron chi connectivity index (χ0n) is 40.9. The second-order valence-corrected chi connectivity index (χ2v) is 10.4. The van der Waals surface area contributed by atoms with Gasteiger partial charge >= 0.3 is 0 Å². The second kappa shape index (κ2) is 9.22. The average molecular weight is 593 g/mol. The van der Waals surface area contributed by atoms with Crippen molar-refractivity contribution in [3.63, 3.8) is 0 Å². The number of rotatable bonds is 3. The van der Waals surface area contributed by atoms with Crippen molar-refractivity contribution < 1.29 is 29.1 Å². The number of benzene rings is 7. The van der Waals surface area contributed by atoms with Crippen LogP contribution in [0.15, 0.2) is 162 Å². The Morgan fingerprint density at radius 3 is 1.93 bits per heavy atom. The minimum absolute atomic E-state index is 0.104. The molecule has 10 aromatic rings. The van der Waals surface area contributed by atoms with Gasteiger partial charge in [-0.15, -0.1) is 0 Å². The molecule has 3 aromatic heterocycles. The van der Waals surface area contributed by atoms with Crippen LogP contribution in [0, 0.1) is 0 Å². The van der Waals surface area contributed by atoms with Crippen LogP contribution in [0.3, 0.4) is 0 Å². The third kappa shape index (κ3) is 3.46. The highest BCUT2D eigenvalue weighted by Crippen LogP contribution is 2.40. The van der Waals surface area contributed by atoms with Gasteiger partial charge in [-0.3, -0.25) is 0 Å². The smallest absolute Gasteiger partial charge is 0.136 e. The standard InChI is InChI=1S/C42H26N2O/c1-5-18-36-31(13-1)32-14-2-6-19-37(32)44(36)29-23-24-39-35(26-29)33-15-3-7-20-38(33)43(39)28-12-9-11-27(25-28)30-17-10-22-41-42(30)34-16-4-8-21-40(34)45-41/h1-26H/i3D,4D,7D,8D,9D,10D,11D,12D,15D,16D,17D,20D,21D,22D,23D,24D,25D,26D. The number of nitrogens with zero attached hydrogens (tertiary/aromatic N) is 2. The first-order valence-corrected chi connectivity index (χ1v) is 13.9. The summed E-state index contributed by atoms with van der Waals surface area (Å²) in [5, 5.41) is 0.296. The maximum absolute atomic E-state index is 9.82. The number of hydrogen-bond acceptors (Lipinski definition) is 1. The lowest BCUT2D eigenvalue weighted by Gasteiger charge is -2.12. The van der Waals surface area contributed by atoms with Gasteiger partial charge in [-0.25, -0.2) is 0 Å². The quantitative estimate of drug-likeness (QED) is 0.200. The number of fused-ring (bicyclic) bond motifs is 9. The minimum Gasteiger partial charge on any atom is -0.456 e. The molecule has 0 radical (unpaired) electrons. The molecule has 210 valence electrons. The summed E-state index contributed by atoms with van der Waals surface area (Å²) in [6, 6.07) is 1.63. The molecule has 3 heteroatoms. The van der Waals surface area contributed by atoms with Gasteiger partial charge < -0.3 is 13.6 Å². The van der Waals surface area contributed by atoms with Crippen molar-refractivity contribution in [3.05, 3.63) is 157 Å². The molecule has 0 atom stereocenters. The topological polar surface area (TPSA) is 23.0 Å². The monoisotopic (exact) mass is 592 g/mol. The zero-order valence-corrected chi connectivity index (χ0v) is 22.9. The maximum Gasteiger partial charge on any atom is 0.136 e. The molecule has 7 aromatic carbocycles. The predicted molar refractivity (Wildman–Crippen MR) is 188 cm³/mol. The van der Waals surface area contributed by atoms with Crippen LogP contribution in [0.4, 0.5) is 0 Å². The SMILES string of the molecule is [2H]c1c([2H])c(-c2c([2H])c([2H])c([2H])c3oc4c([2H])c([2H])c([2H])c([2H])c4c23)c([2H])c(-n2c3c([2H])c([2H])c([2H])c([2H])c3c3c([2H])c(-n4c5ccccc5c5ccccc54)c([2H])c([2H])c32)c1[2H]. The van der Waals surface area contributed by atoms with Crippen molar-refractivity contribution >= 4 is 65.6 Å². The van der Waals surface area contributed by atoms with E-state index in [4.69, 9.17) is 20.9 Å². The summed E-state index contributed by atoms with van der Waals surface area (Å²) in [5.74, 6) is 0. The van der Waals surface area contributed by atoms with E-state index in [0.717, 1.165) is 15.3 Å². The Morgan fingerprint density at radius 1 is 0.444 bits per heavy atom. The van der Waals surface area contributed by atoms with Crippen LogP contribution in [0.2, 0.25) is 0 Å². The van der Waals surface area contributed by atoms with E-state index in [1.807, 2.05) is 24.3 Å². The molecule has 0 saturated heterocycles. The Labute approximate surface area is 284 Å². The predicted octanol–water partition coefficient (Wildman–Crippen LogP) is 11.4. The molecule has 0 amide bonds. The first kappa shape index (κ1) is 12.9. The third-order valence-electron chi connectivity index (χ3n) is 7.98. The lowest BCUT2D eigenvalue weighted by atomic mass is 9.99. The fraction of sp³-hybridized carbons (Fsp3) is 0. The lowest BCUT2D eigenvalue weighted by Crippen LogP contribution is -1.96. The van der Waals surface area contributed by atoms with Gasteiger partial charge in [0.05, 0.1) is 46.7 Å². The molecule has 0 saturated carbocycles. The van der Waals surface area contributed by atoms with Crippen LogP contribution in [0.5, 0.6) is 0 Å². The Morgan fingerprint density at radius 2 is 1.09 bits per heavy atom. The lowest BCUT2D eigenvalue weighted by molar-refractivity contribution is 0.669. The first-order valence-electron chi connectivity index (χ1n) is 22.9. The van der Waals surface area contributed by atoms with E-state index in [0.29, 0.717) is 11.0 Å². The van der Waals surface area contributed by atoms with Gasteiger partial charge in [-0.1, -0.05) is 96.8 Å². The van der Waals surface area contributed by atoms with E-state index in [1.54, 1.807) is 28.8 Å². The van der Waals surface area contributed by atoms with Gasteiger partial charge in [0.25, 0.3) is 0 Å². The minimum atomic E-state index is -0.888. The third-order valence-corrected chi connectivity index (χ3v) is 7.98. The molecule has 3 nitrogen and oxygen atoms in total. The Balaban J connectivity index is 1.43. The first-order chi connectivity index (χ1) is 29.8. The number of aromatic nitrogens is 2. The molecule has 0 aliphatic carbocycles. The molecular formula is C42H26N2O. The molecule has 0 fully saturated rings. The van der Waals surface area contributed by atoms with Crippen molar-refractivity contribution in [1.82, 2.24) is 9.13 Å². The molecule has 3 heterocycles. The Bertz CT molecular complexity index is 3740.